The summed E-state index contributed by atoms with van der Waals surface area (Å²) in [7, 11) is 1.55. The molecule has 7 heteroatoms. The average Bonchev–Trinajstić information content (AvgIpc) is 2.88. The summed E-state index contributed by atoms with van der Waals surface area (Å²) in [5.41, 5.74) is 4.50. The van der Waals surface area contributed by atoms with E-state index in [4.69, 9.17) is 9.47 Å². The molecule has 4 aromatic carbocycles. The molecule has 4 rings (SSSR count). The van der Waals surface area contributed by atoms with Gasteiger partial charge in [0.15, 0.2) is 0 Å². The highest BCUT2D eigenvalue weighted by molar-refractivity contribution is 6.39. The third-order valence-corrected chi connectivity index (χ3v) is 5.07. The largest absolute Gasteiger partial charge is 0.497 e. The van der Waals surface area contributed by atoms with Gasteiger partial charge in [-0.15, -0.1) is 0 Å². The first-order valence-corrected chi connectivity index (χ1v) is 10.6. The van der Waals surface area contributed by atoms with Gasteiger partial charge in [-0.05, 0) is 58.3 Å². The van der Waals surface area contributed by atoms with Gasteiger partial charge in [0.1, 0.15) is 18.1 Å². The molecule has 0 saturated heterocycles. The molecule has 0 aliphatic heterocycles. The molecule has 0 fully saturated rings. The van der Waals surface area contributed by atoms with Crippen molar-refractivity contribution >= 4 is 34.5 Å². The van der Waals surface area contributed by atoms with Crippen LogP contribution in [0.2, 0.25) is 0 Å². The van der Waals surface area contributed by atoms with Crippen molar-refractivity contribution in [3.05, 3.63) is 102 Å². The summed E-state index contributed by atoms with van der Waals surface area (Å²) in [6, 6.07) is 28.2. The number of anilines is 1. The molecule has 0 atom stereocenters. The van der Waals surface area contributed by atoms with E-state index in [2.05, 4.69) is 34.0 Å². The van der Waals surface area contributed by atoms with Crippen LogP contribution in [-0.4, -0.2) is 25.1 Å². The van der Waals surface area contributed by atoms with E-state index in [0.29, 0.717) is 29.4 Å². The van der Waals surface area contributed by atoms with Crippen LogP contribution in [0.4, 0.5) is 5.69 Å². The van der Waals surface area contributed by atoms with Gasteiger partial charge in [0, 0.05) is 5.69 Å². The Bertz CT molecular complexity index is 1330. The van der Waals surface area contributed by atoms with E-state index in [-0.39, 0.29) is 0 Å². The minimum atomic E-state index is -0.879. The lowest BCUT2D eigenvalue weighted by Gasteiger charge is -2.09. The van der Waals surface area contributed by atoms with E-state index in [9.17, 15) is 9.59 Å². The first-order valence-electron chi connectivity index (χ1n) is 10.6. The van der Waals surface area contributed by atoms with E-state index < -0.39 is 11.8 Å². The Morgan fingerprint density at radius 1 is 0.853 bits per heavy atom. The highest BCUT2D eigenvalue weighted by atomic mass is 16.5. The summed E-state index contributed by atoms with van der Waals surface area (Å²) in [6.07, 6.45) is 1.45. The molecule has 2 amide bonds. The summed E-state index contributed by atoms with van der Waals surface area (Å²) >= 11 is 0. The standard InChI is InChI=1S/C27H23N3O4/c1-33-23-14-12-22(13-15-23)29-26(31)27(32)30-28-17-19-6-4-10-24(16-19)34-18-21-9-5-8-20-7-2-3-11-25(20)21/h2-17H,18H2,1H3,(H,29,31)(H,30,32)/b28-17+. The SMILES string of the molecule is COc1ccc(NC(=O)C(=O)N/N=C/c2cccc(OCc3cccc4ccccc34)c2)cc1. The van der Waals surface area contributed by atoms with Crippen molar-refractivity contribution < 1.29 is 19.1 Å². The van der Waals surface area contributed by atoms with Gasteiger partial charge in [-0.1, -0.05) is 54.6 Å². The number of carbonyl (C=O) groups is 2. The van der Waals surface area contributed by atoms with Crippen LogP contribution in [-0.2, 0) is 16.2 Å². The van der Waals surface area contributed by atoms with Crippen LogP contribution in [0.5, 0.6) is 11.5 Å². The number of amides is 2. The molecule has 7 nitrogen and oxygen atoms in total. The second-order valence-electron chi connectivity index (χ2n) is 7.38. The van der Waals surface area contributed by atoms with Crippen molar-refractivity contribution in [2.24, 2.45) is 5.10 Å². The molecule has 0 radical (unpaired) electrons. The lowest BCUT2D eigenvalue weighted by molar-refractivity contribution is -0.136. The normalized spacial score (nSPS) is 10.7. The number of fused-ring (bicyclic) bond motifs is 1. The molecule has 4 aromatic rings. The van der Waals surface area contributed by atoms with Crippen LogP contribution in [0.15, 0.2) is 96.1 Å². The molecule has 0 aliphatic rings. The first kappa shape index (κ1) is 22.5. The number of carbonyl (C=O) groups excluding carboxylic acids is 2. The van der Waals surface area contributed by atoms with Crippen molar-refractivity contribution in [3.8, 4) is 11.5 Å². The quantitative estimate of drug-likeness (QED) is 0.245. The smallest absolute Gasteiger partial charge is 0.329 e. The number of methoxy groups -OCH3 is 1. The van der Waals surface area contributed by atoms with Crippen molar-refractivity contribution in [2.75, 3.05) is 12.4 Å². The molecular weight excluding hydrogens is 430 g/mol. The van der Waals surface area contributed by atoms with Crippen LogP contribution < -0.4 is 20.2 Å². The zero-order valence-corrected chi connectivity index (χ0v) is 18.5. The number of nitrogens with one attached hydrogen (secondary N) is 2. The number of hydrazone groups is 1. The molecule has 170 valence electrons. The Labute approximate surface area is 197 Å². The Morgan fingerprint density at radius 2 is 1.62 bits per heavy atom. The first-order chi connectivity index (χ1) is 16.6. The fourth-order valence-electron chi connectivity index (χ4n) is 3.34. The van der Waals surface area contributed by atoms with Gasteiger partial charge >= 0.3 is 11.8 Å². The van der Waals surface area contributed by atoms with Crippen molar-refractivity contribution in [1.82, 2.24) is 5.43 Å². The molecule has 0 spiro atoms. The lowest BCUT2D eigenvalue weighted by Crippen LogP contribution is -2.32. The fraction of sp³-hybridized carbons (Fsp3) is 0.0741. The predicted molar refractivity (Wildman–Crippen MR) is 132 cm³/mol. The van der Waals surface area contributed by atoms with Crippen LogP contribution in [0.3, 0.4) is 0 Å². The van der Waals surface area contributed by atoms with Gasteiger partial charge in [-0.3, -0.25) is 9.59 Å². The second kappa shape index (κ2) is 10.8. The number of hydrogen-bond acceptors (Lipinski definition) is 5. The monoisotopic (exact) mass is 453 g/mol. The van der Waals surface area contributed by atoms with Crippen molar-refractivity contribution in [1.29, 1.82) is 0 Å². The second-order valence-corrected chi connectivity index (χ2v) is 7.38. The number of ether oxygens (including phenoxy) is 2. The third-order valence-electron chi connectivity index (χ3n) is 5.07. The maximum absolute atomic E-state index is 12.0. The van der Waals surface area contributed by atoms with Gasteiger partial charge in [-0.2, -0.15) is 5.10 Å². The van der Waals surface area contributed by atoms with Crippen molar-refractivity contribution in [2.45, 2.75) is 6.61 Å². The number of nitrogens with zero attached hydrogens (tertiary/aromatic N) is 1. The van der Waals surface area contributed by atoms with E-state index in [1.165, 1.54) is 6.21 Å². The molecule has 0 unspecified atom stereocenters. The Hall–Kier alpha value is -4.65. The lowest BCUT2D eigenvalue weighted by atomic mass is 10.1. The third kappa shape index (κ3) is 5.77. The van der Waals surface area contributed by atoms with Crippen LogP contribution in [0.25, 0.3) is 10.8 Å². The molecular formula is C27H23N3O4. The zero-order chi connectivity index (χ0) is 23.8. The maximum atomic E-state index is 12.0. The Kier molecular flexibility index (Phi) is 7.15. The molecule has 2 N–H and O–H groups in total. The van der Waals surface area contributed by atoms with Gasteiger partial charge in [0.2, 0.25) is 0 Å². The van der Waals surface area contributed by atoms with Crippen LogP contribution >= 0.6 is 0 Å². The summed E-state index contributed by atoms with van der Waals surface area (Å²) in [6.45, 7) is 0.421. The van der Waals surface area contributed by atoms with Gasteiger partial charge in [0.05, 0.1) is 13.3 Å². The molecule has 0 saturated carbocycles. The van der Waals surface area contributed by atoms with Crippen LogP contribution in [0.1, 0.15) is 11.1 Å². The summed E-state index contributed by atoms with van der Waals surface area (Å²) in [4.78, 5) is 24.0. The van der Waals surface area contributed by atoms with Gasteiger partial charge < -0.3 is 14.8 Å². The molecule has 0 bridgehead atoms. The highest BCUT2D eigenvalue weighted by Crippen LogP contribution is 2.21. The Morgan fingerprint density at radius 3 is 2.44 bits per heavy atom. The minimum absolute atomic E-state index is 0.421. The van der Waals surface area contributed by atoms with E-state index in [0.717, 1.165) is 16.3 Å². The van der Waals surface area contributed by atoms with Gasteiger partial charge in [-0.25, -0.2) is 5.43 Å². The van der Waals surface area contributed by atoms with E-state index >= 15 is 0 Å². The summed E-state index contributed by atoms with van der Waals surface area (Å²) in [5.74, 6) is -0.388. The molecule has 0 heterocycles. The predicted octanol–water partition coefficient (Wildman–Crippen LogP) is 4.52. The minimum Gasteiger partial charge on any atom is -0.497 e. The van der Waals surface area contributed by atoms with E-state index in [1.54, 1.807) is 37.4 Å². The number of benzene rings is 4. The Balaban J connectivity index is 1.32. The topological polar surface area (TPSA) is 89.0 Å². The molecule has 0 aromatic heterocycles. The van der Waals surface area contributed by atoms with Gasteiger partial charge in [0.25, 0.3) is 0 Å². The van der Waals surface area contributed by atoms with E-state index in [1.807, 2.05) is 42.5 Å². The molecule has 34 heavy (non-hydrogen) atoms. The highest BCUT2D eigenvalue weighted by Gasteiger charge is 2.12. The van der Waals surface area contributed by atoms with Crippen molar-refractivity contribution in [3.63, 3.8) is 0 Å². The summed E-state index contributed by atoms with van der Waals surface area (Å²) in [5, 5.41) is 8.68. The fourth-order valence-corrected chi connectivity index (χ4v) is 3.34. The molecule has 0 aliphatic carbocycles. The summed E-state index contributed by atoms with van der Waals surface area (Å²) < 4.78 is 11.0. The zero-order valence-electron chi connectivity index (χ0n) is 18.5. The number of rotatable bonds is 7. The van der Waals surface area contributed by atoms with Crippen LogP contribution in [0, 0.1) is 0 Å². The maximum Gasteiger partial charge on any atom is 0.329 e. The average molecular weight is 453 g/mol. The number of hydrogen-bond donors (Lipinski definition) is 2.